The summed E-state index contributed by atoms with van der Waals surface area (Å²) >= 11 is 5.80. The van der Waals surface area contributed by atoms with E-state index in [9.17, 15) is 0 Å². The normalized spacial score (nSPS) is 10.0. The lowest BCUT2D eigenvalue weighted by Gasteiger charge is -2.08. The molecule has 24 heavy (non-hydrogen) atoms. The second-order valence-corrected chi connectivity index (χ2v) is 5.09. The molecular weight excluding hydrogens is 328 g/mol. The molecule has 0 spiro atoms. The standard InChI is InChI=1S/C17H11ClN4O2/c18-15-9-16(22-17(20)21-15)24-14-7-5-13(6-8-14)23-12-3-1-11(10-19)2-4-12/h1-9H,(H2,20,21,22). The van der Waals surface area contributed by atoms with E-state index in [2.05, 4.69) is 16.0 Å². The van der Waals surface area contributed by atoms with Crippen LogP contribution >= 0.6 is 11.6 Å². The highest BCUT2D eigenvalue weighted by molar-refractivity contribution is 6.29. The summed E-state index contributed by atoms with van der Waals surface area (Å²) in [5.74, 6) is 2.12. The predicted molar refractivity (Wildman–Crippen MR) is 89.2 cm³/mol. The van der Waals surface area contributed by atoms with Crippen molar-refractivity contribution in [1.29, 1.82) is 5.26 Å². The minimum atomic E-state index is 0.0401. The van der Waals surface area contributed by atoms with Crippen LogP contribution in [0.15, 0.2) is 54.6 Å². The first-order valence-electron chi connectivity index (χ1n) is 6.88. The SMILES string of the molecule is N#Cc1ccc(Oc2ccc(Oc3cc(Cl)nc(N)n3)cc2)cc1. The monoisotopic (exact) mass is 338 g/mol. The number of halogens is 1. The predicted octanol–water partition coefficient (Wildman–Crippen LogP) is 4.17. The Labute approximate surface area is 143 Å². The fraction of sp³-hybridized carbons (Fsp3) is 0. The Bertz CT molecular complexity index is 870. The Balaban J connectivity index is 1.69. The number of rotatable bonds is 4. The van der Waals surface area contributed by atoms with Crippen molar-refractivity contribution in [2.45, 2.75) is 0 Å². The van der Waals surface area contributed by atoms with E-state index in [1.54, 1.807) is 48.5 Å². The van der Waals surface area contributed by atoms with Gasteiger partial charge in [0.05, 0.1) is 11.6 Å². The number of aromatic nitrogens is 2. The number of hydrogen-bond donors (Lipinski definition) is 1. The van der Waals surface area contributed by atoms with Crippen LogP contribution in [0.1, 0.15) is 5.56 Å². The van der Waals surface area contributed by atoms with E-state index in [4.69, 9.17) is 32.1 Å². The summed E-state index contributed by atoms with van der Waals surface area (Å²) in [7, 11) is 0. The van der Waals surface area contributed by atoms with Crippen molar-refractivity contribution in [2.24, 2.45) is 0 Å². The molecule has 0 atom stereocenters. The van der Waals surface area contributed by atoms with Gasteiger partial charge in [-0.2, -0.15) is 10.2 Å². The molecule has 0 saturated carbocycles. The lowest BCUT2D eigenvalue weighted by Crippen LogP contribution is -1.97. The van der Waals surface area contributed by atoms with Gasteiger partial charge < -0.3 is 15.2 Å². The van der Waals surface area contributed by atoms with Crippen LogP contribution in [-0.2, 0) is 0 Å². The Morgan fingerprint density at radius 2 is 1.42 bits per heavy atom. The number of nitrogens with zero attached hydrogens (tertiary/aromatic N) is 3. The average Bonchev–Trinajstić information content (AvgIpc) is 2.56. The van der Waals surface area contributed by atoms with Crippen LogP contribution in [0.4, 0.5) is 5.95 Å². The second-order valence-electron chi connectivity index (χ2n) is 4.70. The summed E-state index contributed by atoms with van der Waals surface area (Å²) in [5, 5.41) is 8.98. The lowest BCUT2D eigenvalue weighted by atomic mass is 10.2. The van der Waals surface area contributed by atoms with E-state index in [1.165, 1.54) is 6.07 Å². The number of anilines is 1. The Morgan fingerprint density at radius 3 is 1.96 bits per heavy atom. The highest BCUT2D eigenvalue weighted by Crippen LogP contribution is 2.27. The molecule has 0 bridgehead atoms. The van der Waals surface area contributed by atoms with Crippen LogP contribution in [0.25, 0.3) is 0 Å². The largest absolute Gasteiger partial charge is 0.457 e. The van der Waals surface area contributed by atoms with E-state index < -0.39 is 0 Å². The van der Waals surface area contributed by atoms with Gasteiger partial charge in [-0.05, 0) is 48.5 Å². The van der Waals surface area contributed by atoms with E-state index in [0.717, 1.165) is 0 Å². The van der Waals surface area contributed by atoms with Crippen molar-refractivity contribution < 1.29 is 9.47 Å². The van der Waals surface area contributed by atoms with Gasteiger partial charge in [0.1, 0.15) is 22.4 Å². The van der Waals surface area contributed by atoms with Gasteiger partial charge >= 0.3 is 0 Å². The lowest BCUT2D eigenvalue weighted by molar-refractivity contribution is 0.456. The second kappa shape index (κ2) is 6.86. The van der Waals surface area contributed by atoms with Crippen molar-refractivity contribution in [1.82, 2.24) is 9.97 Å². The summed E-state index contributed by atoms with van der Waals surface area (Å²) in [4.78, 5) is 7.70. The van der Waals surface area contributed by atoms with Gasteiger partial charge in [0, 0.05) is 6.07 Å². The molecule has 0 aliphatic heterocycles. The summed E-state index contributed by atoms with van der Waals surface area (Å²) in [6.07, 6.45) is 0. The fourth-order valence-electron chi connectivity index (χ4n) is 1.90. The van der Waals surface area contributed by atoms with Crippen LogP contribution in [0, 0.1) is 11.3 Å². The third-order valence-electron chi connectivity index (χ3n) is 2.95. The highest BCUT2D eigenvalue weighted by atomic mass is 35.5. The first-order valence-corrected chi connectivity index (χ1v) is 7.26. The molecular formula is C17H11ClN4O2. The number of benzene rings is 2. The van der Waals surface area contributed by atoms with Gasteiger partial charge in [0.2, 0.25) is 11.8 Å². The van der Waals surface area contributed by atoms with Crippen molar-refractivity contribution in [3.05, 3.63) is 65.3 Å². The molecule has 0 aliphatic carbocycles. The number of ether oxygens (including phenoxy) is 2. The first-order chi connectivity index (χ1) is 11.6. The maximum Gasteiger partial charge on any atom is 0.225 e. The van der Waals surface area contributed by atoms with Gasteiger partial charge in [0.25, 0.3) is 0 Å². The zero-order valence-electron chi connectivity index (χ0n) is 12.3. The molecule has 1 aromatic heterocycles. The van der Waals surface area contributed by atoms with Gasteiger partial charge in [-0.25, -0.2) is 4.98 Å². The van der Waals surface area contributed by atoms with Crippen LogP contribution < -0.4 is 15.2 Å². The number of nitriles is 1. The van der Waals surface area contributed by atoms with Crippen molar-refractivity contribution in [3.63, 3.8) is 0 Å². The Kier molecular flexibility index (Phi) is 4.45. The molecule has 0 aliphatic rings. The van der Waals surface area contributed by atoms with E-state index in [0.29, 0.717) is 22.8 Å². The van der Waals surface area contributed by atoms with Crippen molar-refractivity contribution in [2.75, 3.05) is 5.73 Å². The number of nitrogens with two attached hydrogens (primary N) is 1. The molecule has 2 aromatic carbocycles. The third kappa shape index (κ3) is 3.91. The van der Waals surface area contributed by atoms with E-state index in [-0.39, 0.29) is 17.0 Å². The highest BCUT2D eigenvalue weighted by Gasteiger charge is 2.04. The van der Waals surface area contributed by atoms with E-state index in [1.807, 2.05) is 0 Å². The first kappa shape index (κ1) is 15.6. The van der Waals surface area contributed by atoms with Gasteiger partial charge in [-0.15, -0.1) is 0 Å². The maximum atomic E-state index is 8.77. The molecule has 2 N–H and O–H groups in total. The zero-order valence-corrected chi connectivity index (χ0v) is 13.1. The number of nitrogen functional groups attached to an aromatic ring is 1. The molecule has 0 fully saturated rings. The van der Waals surface area contributed by atoms with Crippen LogP contribution in [0.2, 0.25) is 5.15 Å². The topological polar surface area (TPSA) is 94.0 Å². The van der Waals surface area contributed by atoms with Crippen molar-refractivity contribution in [3.8, 4) is 29.2 Å². The number of hydrogen-bond acceptors (Lipinski definition) is 6. The molecule has 0 amide bonds. The molecule has 118 valence electrons. The molecule has 7 heteroatoms. The molecule has 0 radical (unpaired) electrons. The maximum absolute atomic E-state index is 8.77. The fourth-order valence-corrected chi connectivity index (χ4v) is 2.08. The summed E-state index contributed by atoms with van der Waals surface area (Å²) in [6, 6.07) is 17.3. The molecule has 1 heterocycles. The van der Waals surface area contributed by atoms with Gasteiger partial charge in [0.15, 0.2) is 0 Å². The quantitative estimate of drug-likeness (QED) is 0.717. The Morgan fingerprint density at radius 1 is 0.875 bits per heavy atom. The van der Waals surface area contributed by atoms with Crippen LogP contribution in [0.3, 0.4) is 0 Å². The molecule has 0 saturated heterocycles. The van der Waals surface area contributed by atoms with Gasteiger partial charge in [-0.1, -0.05) is 11.6 Å². The zero-order chi connectivity index (χ0) is 16.9. The van der Waals surface area contributed by atoms with Gasteiger partial charge in [-0.3, -0.25) is 0 Å². The van der Waals surface area contributed by atoms with E-state index >= 15 is 0 Å². The third-order valence-corrected chi connectivity index (χ3v) is 3.15. The molecule has 6 nitrogen and oxygen atoms in total. The average molecular weight is 339 g/mol. The van der Waals surface area contributed by atoms with Crippen LogP contribution in [0.5, 0.6) is 23.1 Å². The molecule has 3 rings (SSSR count). The summed E-state index contributed by atoms with van der Waals surface area (Å²) in [5.41, 5.74) is 6.09. The smallest absolute Gasteiger partial charge is 0.225 e. The molecule has 3 aromatic rings. The summed E-state index contributed by atoms with van der Waals surface area (Å²) in [6.45, 7) is 0. The summed E-state index contributed by atoms with van der Waals surface area (Å²) < 4.78 is 11.3. The van der Waals surface area contributed by atoms with Crippen molar-refractivity contribution >= 4 is 17.5 Å². The Hall–Kier alpha value is -3.30. The minimum Gasteiger partial charge on any atom is -0.457 e. The molecule has 0 unspecified atom stereocenters. The van der Waals surface area contributed by atoms with Crippen LogP contribution in [-0.4, -0.2) is 9.97 Å². The minimum absolute atomic E-state index is 0.0401.